The smallest absolute Gasteiger partial charge is 0.411 e. The number of rotatable bonds is 5. The largest absolute Gasteiger partial charge is 0.449 e. The molecule has 2 N–H and O–H groups in total. The second-order valence-electron chi connectivity index (χ2n) is 3.50. The fraction of sp³-hybridized carbons (Fsp3) is 0.364. The monoisotopic (exact) mass is 272 g/mol. The van der Waals surface area contributed by atoms with E-state index in [4.69, 9.17) is 4.74 Å². The maximum absolute atomic E-state index is 11.6. The van der Waals surface area contributed by atoms with Gasteiger partial charge in [-0.05, 0) is 31.7 Å². The number of nitrogens with one attached hydrogen (secondary N) is 2. The van der Waals surface area contributed by atoms with Gasteiger partial charge in [0, 0.05) is 5.69 Å². The molecule has 1 rings (SSSR count). The van der Waals surface area contributed by atoms with Crippen LogP contribution in [0.4, 0.5) is 10.5 Å². The normalized spacial score (nSPS) is 11.0. The van der Waals surface area contributed by atoms with Crippen molar-refractivity contribution in [2.45, 2.75) is 18.2 Å². The van der Waals surface area contributed by atoms with Crippen LogP contribution in [0.3, 0.4) is 0 Å². The maximum Gasteiger partial charge on any atom is 0.411 e. The molecule has 0 aliphatic carbocycles. The summed E-state index contributed by atoms with van der Waals surface area (Å²) in [7, 11) is -2.19. The Hall–Kier alpha value is -1.60. The van der Waals surface area contributed by atoms with Gasteiger partial charge in [-0.25, -0.2) is 17.9 Å². The van der Waals surface area contributed by atoms with E-state index in [2.05, 4.69) is 10.0 Å². The molecular formula is C11H16N2O4S. The summed E-state index contributed by atoms with van der Waals surface area (Å²) in [6, 6.07) is 5.93. The summed E-state index contributed by atoms with van der Waals surface area (Å²) in [5, 5.41) is 2.46. The zero-order chi connectivity index (χ0) is 13.6. The molecule has 0 spiro atoms. The zero-order valence-electron chi connectivity index (χ0n) is 10.3. The fourth-order valence-corrected chi connectivity index (χ4v) is 1.98. The van der Waals surface area contributed by atoms with E-state index in [1.54, 1.807) is 12.1 Å². The molecule has 0 radical (unpaired) electrons. The molecule has 0 unspecified atom stereocenters. The van der Waals surface area contributed by atoms with Crippen LogP contribution in [-0.4, -0.2) is 28.2 Å². The van der Waals surface area contributed by atoms with Gasteiger partial charge in [-0.15, -0.1) is 0 Å². The van der Waals surface area contributed by atoms with E-state index in [-0.39, 0.29) is 4.90 Å². The first kappa shape index (κ1) is 14.5. The van der Waals surface area contributed by atoms with Crippen molar-refractivity contribution in [3.8, 4) is 0 Å². The highest BCUT2D eigenvalue weighted by Crippen LogP contribution is 2.15. The Bertz CT molecular complexity index is 514. The molecule has 0 saturated heterocycles. The summed E-state index contributed by atoms with van der Waals surface area (Å²) in [6.45, 7) is 2.20. The number of hydrogen-bond acceptors (Lipinski definition) is 4. The molecule has 6 nitrogen and oxygen atoms in total. The van der Waals surface area contributed by atoms with Gasteiger partial charge in [0.25, 0.3) is 0 Å². The van der Waals surface area contributed by atoms with Crippen LogP contribution in [0.5, 0.6) is 0 Å². The molecule has 1 aromatic rings. The van der Waals surface area contributed by atoms with Gasteiger partial charge >= 0.3 is 6.09 Å². The molecule has 0 fully saturated rings. The van der Waals surface area contributed by atoms with Crippen LogP contribution in [0.25, 0.3) is 0 Å². The Morgan fingerprint density at radius 3 is 2.72 bits per heavy atom. The third-order valence-electron chi connectivity index (χ3n) is 2.10. The third-order valence-corrected chi connectivity index (χ3v) is 3.51. The van der Waals surface area contributed by atoms with Gasteiger partial charge in [0.1, 0.15) is 0 Å². The lowest BCUT2D eigenvalue weighted by Crippen LogP contribution is -2.19. The second-order valence-corrected chi connectivity index (χ2v) is 5.38. The Morgan fingerprint density at radius 1 is 1.39 bits per heavy atom. The SMILES string of the molecule is CCCOC(=O)Nc1cccc(S(=O)(=O)NC)c1. The number of hydrogen-bond donors (Lipinski definition) is 2. The van der Waals surface area contributed by atoms with E-state index in [1.807, 2.05) is 6.92 Å². The Kier molecular flexibility index (Phi) is 5.11. The van der Waals surface area contributed by atoms with Crippen molar-refractivity contribution >= 4 is 21.8 Å². The summed E-state index contributed by atoms with van der Waals surface area (Å²) < 4.78 is 30.1. The van der Waals surface area contributed by atoms with Crippen molar-refractivity contribution < 1.29 is 17.9 Å². The number of carbonyl (C=O) groups excluding carboxylic acids is 1. The highest BCUT2D eigenvalue weighted by molar-refractivity contribution is 7.89. The molecule has 0 atom stereocenters. The molecule has 18 heavy (non-hydrogen) atoms. The van der Waals surface area contributed by atoms with Crippen LogP contribution in [0.2, 0.25) is 0 Å². The number of sulfonamides is 1. The topological polar surface area (TPSA) is 84.5 Å². The number of ether oxygens (including phenoxy) is 1. The van der Waals surface area contributed by atoms with Gasteiger partial charge in [0.2, 0.25) is 10.0 Å². The highest BCUT2D eigenvalue weighted by Gasteiger charge is 2.12. The van der Waals surface area contributed by atoms with E-state index >= 15 is 0 Å². The first-order valence-electron chi connectivity index (χ1n) is 5.47. The minimum Gasteiger partial charge on any atom is -0.449 e. The van der Waals surface area contributed by atoms with Gasteiger partial charge in [-0.1, -0.05) is 13.0 Å². The molecule has 0 aliphatic heterocycles. The molecule has 0 saturated carbocycles. The minimum atomic E-state index is -3.52. The van der Waals surface area contributed by atoms with Gasteiger partial charge in [-0.2, -0.15) is 0 Å². The van der Waals surface area contributed by atoms with E-state index in [0.29, 0.717) is 12.3 Å². The van der Waals surface area contributed by atoms with Crippen LogP contribution in [0.1, 0.15) is 13.3 Å². The highest BCUT2D eigenvalue weighted by atomic mass is 32.2. The number of benzene rings is 1. The third kappa shape index (κ3) is 4.01. The van der Waals surface area contributed by atoms with E-state index in [9.17, 15) is 13.2 Å². The van der Waals surface area contributed by atoms with Crippen LogP contribution < -0.4 is 10.0 Å². The first-order chi connectivity index (χ1) is 8.49. The molecule has 100 valence electrons. The van der Waals surface area contributed by atoms with E-state index in [1.165, 1.54) is 19.2 Å². The van der Waals surface area contributed by atoms with Crippen LogP contribution in [-0.2, 0) is 14.8 Å². The van der Waals surface area contributed by atoms with Gasteiger partial charge < -0.3 is 4.74 Å². The van der Waals surface area contributed by atoms with Gasteiger partial charge in [0.15, 0.2) is 0 Å². The summed E-state index contributed by atoms with van der Waals surface area (Å²) in [6.07, 6.45) is 0.123. The molecule has 0 aromatic heterocycles. The van der Waals surface area contributed by atoms with E-state index in [0.717, 1.165) is 6.42 Å². The number of anilines is 1. The van der Waals surface area contributed by atoms with Gasteiger partial charge in [0.05, 0.1) is 11.5 Å². The number of amides is 1. The van der Waals surface area contributed by atoms with Crippen molar-refractivity contribution in [1.29, 1.82) is 0 Å². The Labute approximate surface area is 106 Å². The molecular weight excluding hydrogens is 256 g/mol. The maximum atomic E-state index is 11.6. The van der Waals surface area contributed by atoms with Gasteiger partial charge in [-0.3, -0.25) is 5.32 Å². The summed E-state index contributed by atoms with van der Waals surface area (Å²) in [5.74, 6) is 0. The first-order valence-corrected chi connectivity index (χ1v) is 6.95. The van der Waals surface area contributed by atoms with Crippen LogP contribution >= 0.6 is 0 Å². The summed E-state index contributed by atoms with van der Waals surface area (Å²) in [4.78, 5) is 11.4. The molecule has 7 heteroatoms. The summed E-state index contributed by atoms with van der Waals surface area (Å²) in [5.41, 5.74) is 0.368. The Balaban J connectivity index is 2.80. The lowest BCUT2D eigenvalue weighted by Gasteiger charge is -2.08. The molecule has 0 bridgehead atoms. The van der Waals surface area contributed by atoms with E-state index < -0.39 is 16.1 Å². The molecule has 0 heterocycles. The summed E-state index contributed by atoms with van der Waals surface area (Å²) >= 11 is 0. The predicted octanol–water partition coefficient (Wildman–Crippen LogP) is 1.55. The quantitative estimate of drug-likeness (QED) is 0.851. The average Bonchev–Trinajstić information content (AvgIpc) is 2.36. The Morgan fingerprint density at radius 2 is 2.11 bits per heavy atom. The molecule has 1 aromatic carbocycles. The van der Waals surface area contributed by atoms with Crippen LogP contribution in [0, 0.1) is 0 Å². The van der Waals surface area contributed by atoms with Crippen molar-refractivity contribution in [2.24, 2.45) is 0 Å². The lowest BCUT2D eigenvalue weighted by molar-refractivity contribution is 0.161. The molecule has 1 amide bonds. The lowest BCUT2D eigenvalue weighted by atomic mass is 10.3. The predicted molar refractivity (Wildman–Crippen MR) is 67.9 cm³/mol. The zero-order valence-corrected chi connectivity index (χ0v) is 11.1. The van der Waals surface area contributed by atoms with Crippen molar-refractivity contribution in [1.82, 2.24) is 4.72 Å². The fourth-order valence-electron chi connectivity index (χ4n) is 1.21. The van der Waals surface area contributed by atoms with Crippen LogP contribution in [0.15, 0.2) is 29.2 Å². The minimum absolute atomic E-state index is 0.0818. The van der Waals surface area contributed by atoms with Crippen molar-refractivity contribution in [3.05, 3.63) is 24.3 Å². The second kappa shape index (κ2) is 6.36. The standard InChI is InChI=1S/C11H16N2O4S/c1-3-7-17-11(14)13-9-5-4-6-10(8-9)18(15,16)12-2/h4-6,8,12H,3,7H2,1-2H3,(H,13,14). The molecule has 0 aliphatic rings. The van der Waals surface area contributed by atoms with Crippen molar-refractivity contribution in [2.75, 3.05) is 19.0 Å². The average molecular weight is 272 g/mol. The number of carbonyl (C=O) groups is 1. The van der Waals surface area contributed by atoms with Crippen molar-refractivity contribution in [3.63, 3.8) is 0 Å².